The van der Waals surface area contributed by atoms with E-state index in [9.17, 15) is 9.59 Å². The number of rotatable bonds is 6. The van der Waals surface area contributed by atoms with E-state index >= 15 is 0 Å². The van der Waals surface area contributed by atoms with Crippen molar-refractivity contribution in [2.24, 2.45) is 0 Å². The van der Waals surface area contributed by atoms with Gasteiger partial charge in [0.25, 0.3) is 5.91 Å². The minimum absolute atomic E-state index is 0.0728. The number of nitrogens with zero attached hydrogens (tertiary/aromatic N) is 2. The molecule has 0 saturated carbocycles. The maximum absolute atomic E-state index is 13.1. The summed E-state index contributed by atoms with van der Waals surface area (Å²) >= 11 is 0. The van der Waals surface area contributed by atoms with Crippen LogP contribution < -0.4 is 10.2 Å². The number of nitrogens with one attached hydrogen (secondary N) is 1. The maximum Gasteiger partial charge on any atom is 0.321 e. The van der Waals surface area contributed by atoms with Crippen LogP contribution in [0.5, 0.6) is 0 Å². The molecule has 0 bridgehead atoms. The largest absolute Gasteiger partial charge is 0.385 e. The van der Waals surface area contributed by atoms with Crippen LogP contribution in [0.2, 0.25) is 0 Å². The lowest BCUT2D eigenvalue weighted by Gasteiger charge is -2.36. The molecule has 1 aromatic carbocycles. The topological polar surface area (TPSA) is 61.9 Å². The normalized spacial score (nSPS) is 20.7. The third-order valence-electron chi connectivity index (χ3n) is 5.04. The molecular formula is C19H27N3O3. The van der Waals surface area contributed by atoms with E-state index in [1.165, 1.54) is 6.42 Å². The zero-order valence-corrected chi connectivity index (χ0v) is 14.9. The van der Waals surface area contributed by atoms with Crippen molar-refractivity contribution in [3.8, 4) is 0 Å². The fourth-order valence-corrected chi connectivity index (χ4v) is 3.72. The van der Waals surface area contributed by atoms with E-state index in [1.54, 1.807) is 12.0 Å². The average Bonchev–Trinajstić information content (AvgIpc) is 3.08. The second kappa shape index (κ2) is 8.34. The number of methoxy groups -OCH3 is 1. The minimum atomic E-state index is -0.0972. The van der Waals surface area contributed by atoms with Gasteiger partial charge < -0.3 is 15.0 Å². The molecule has 2 aliphatic rings. The van der Waals surface area contributed by atoms with Crippen molar-refractivity contribution in [2.45, 2.75) is 38.1 Å². The van der Waals surface area contributed by atoms with Gasteiger partial charge in [0.05, 0.1) is 0 Å². The third-order valence-corrected chi connectivity index (χ3v) is 5.04. The molecule has 2 heterocycles. The summed E-state index contributed by atoms with van der Waals surface area (Å²) in [4.78, 5) is 28.6. The SMILES string of the molecule is COCCC[C@H]1CCCCN1C(=O)c1cccc(N2CCNC2=O)c1. The molecule has 25 heavy (non-hydrogen) atoms. The number of ether oxygens (including phenoxy) is 1. The van der Waals surface area contributed by atoms with Crippen molar-refractivity contribution in [3.05, 3.63) is 29.8 Å². The van der Waals surface area contributed by atoms with Crippen molar-refractivity contribution in [1.29, 1.82) is 0 Å². The molecule has 0 radical (unpaired) electrons. The first kappa shape index (κ1) is 17.7. The van der Waals surface area contributed by atoms with Gasteiger partial charge in [-0.3, -0.25) is 9.69 Å². The molecule has 6 heteroatoms. The molecule has 2 aliphatic heterocycles. The van der Waals surface area contributed by atoms with E-state index in [4.69, 9.17) is 4.74 Å². The van der Waals surface area contributed by atoms with E-state index in [-0.39, 0.29) is 18.0 Å². The van der Waals surface area contributed by atoms with E-state index < -0.39 is 0 Å². The van der Waals surface area contributed by atoms with Crippen molar-refractivity contribution < 1.29 is 14.3 Å². The molecular weight excluding hydrogens is 318 g/mol. The van der Waals surface area contributed by atoms with Crippen molar-refractivity contribution >= 4 is 17.6 Å². The number of hydrogen-bond acceptors (Lipinski definition) is 3. The van der Waals surface area contributed by atoms with E-state index in [1.807, 2.05) is 29.2 Å². The number of benzene rings is 1. The molecule has 0 aromatic heterocycles. The molecule has 1 aromatic rings. The van der Waals surface area contributed by atoms with Crippen molar-refractivity contribution in [3.63, 3.8) is 0 Å². The Hall–Kier alpha value is -2.08. The molecule has 2 fully saturated rings. The van der Waals surface area contributed by atoms with E-state index in [0.29, 0.717) is 18.7 Å². The predicted octanol–water partition coefficient (Wildman–Crippen LogP) is 2.64. The van der Waals surface area contributed by atoms with Gasteiger partial charge in [-0.15, -0.1) is 0 Å². The zero-order chi connectivity index (χ0) is 17.6. The highest BCUT2D eigenvalue weighted by atomic mass is 16.5. The Labute approximate surface area is 149 Å². The number of piperidine rings is 1. The third kappa shape index (κ3) is 4.12. The van der Waals surface area contributed by atoms with E-state index in [0.717, 1.165) is 44.5 Å². The van der Waals surface area contributed by atoms with Gasteiger partial charge in [0.15, 0.2) is 0 Å². The van der Waals surface area contributed by atoms with Gasteiger partial charge in [0.1, 0.15) is 0 Å². The van der Waals surface area contributed by atoms with Gasteiger partial charge >= 0.3 is 6.03 Å². The summed E-state index contributed by atoms with van der Waals surface area (Å²) in [5.41, 5.74) is 1.45. The summed E-state index contributed by atoms with van der Waals surface area (Å²) in [6.07, 6.45) is 5.24. The summed E-state index contributed by atoms with van der Waals surface area (Å²) < 4.78 is 5.15. The first-order valence-electron chi connectivity index (χ1n) is 9.16. The fraction of sp³-hybridized carbons (Fsp3) is 0.579. The van der Waals surface area contributed by atoms with Crippen LogP contribution in [0.4, 0.5) is 10.5 Å². The molecule has 3 amide bonds. The maximum atomic E-state index is 13.1. The lowest BCUT2D eigenvalue weighted by atomic mass is 9.97. The number of amides is 3. The number of hydrogen-bond donors (Lipinski definition) is 1. The second-order valence-electron chi connectivity index (χ2n) is 6.72. The Morgan fingerprint density at radius 3 is 2.96 bits per heavy atom. The minimum Gasteiger partial charge on any atom is -0.385 e. The van der Waals surface area contributed by atoms with Gasteiger partial charge in [0, 0.05) is 50.6 Å². The van der Waals surface area contributed by atoms with Crippen LogP contribution >= 0.6 is 0 Å². The Bertz CT molecular complexity index is 620. The highest BCUT2D eigenvalue weighted by Gasteiger charge is 2.28. The molecule has 1 N–H and O–H groups in total. The summed E-state index contributed by atoms with van der Waals surface area (Å²) in [5, 5.41) is 2.80. The first-order chi connectivity index (χ1) is 12.2. The van der Waals surface area contributed by atoms with Gasteiger partial charge in [-0.05, 0) is 50.3 Å². The van der Waals surface area contributed by atoms with Gasteiger partial charge in [-0.25, -0.2) is 4.79 Å². The van der Waals surface area contributed by atoms with E-state index in [2.05, 4.69) is 5.32 Å². The second-order valence-corrected chi connectivity index (χ2v) is 6.72. The Kier molecular flexibility index (Phi) is 5.91. The fourth-order valence-electron chi connectivity index (χ4n) is 3.72. The number of likely N-dealkylation sites (tertiary alicyclic amines) is 1. The molecule has 0 spiro atoms. The van der Waals surface area contributed by atoms with Crippen LogP contribution in [0.3, 0.4) is 0 Å². The van der Waals surface area contributed by atoms with Crippen LogP contribution in [0, 0.1) is 0 Å². The summed E-state index contributed by atoms with van der Waals surface area (Å²) in [6, 6.07) is 7.62. The highest BCUT2D eigenvalue weighted by molar-refractivity contribution is 5.98. The number of carbonyl (C=O) groups excluding carboxylic acids is 2. The smallest absolute Gasteiger partial charge is 0.321 e. The monoisotopic (exact) mass is 345 g/mol. The number of anilines is 1. The molecule has 136 valence electrons. The van der Waals surface area contributed by atoms with Crippen molar-refractivity contribution in [1.82, 2.24) is 10.2 Å². The number of carbonyl (C=O) groups is 2. The first-order valence-corrected chi connectivity index (χ1v) is 9.16. The standard InChI is InChI=1S/C19H27N3O3/c1-25-13-5-9-16-7-2-3-11-21(16)18(23)15-6-4-8-17(14-15)22-12-10-20-19(22)24/h4,6,8,14,16H,2-3,5,7,9-13H2,1H3,(H,20,24)/t16-/m1/s1. The zero-order valence-electron chi connectivity index (χ0n) is 14.9. The summed E-state index contributed by atoms with van der Waals surface area (Å²) in [7, 11) is 1.71. The Balaban J connectivity index is 1.73. The van der Waals surface area contributed by atoms with Crippen LogP contribution in [0.15, 0.2) is 24.3 Å². The van der Waals surface area contributed by atoms with Gasteiger partial charge in [-0.1, -0.05) is 6.07 Å². The molecule has 1 atom stereocenters. The predicted molar refractivity (Wildman–Crippen MR) is 97.0 cm³/mol. The van der Waals surface area contributed by atoms with Crippen molar-refractivity contribution in [2.75, 3.05) is 38.3 Å². The van der Waals surface area contributed by atoms with Gasteiger partial charge in [-0.2, -0.15) is 0 Å². The van der Waals surface area contributed by atoms with Crippen LogP contribution in [-0.4, -0.2) is 56.2 Å². The summed E-state index contributed by atoms with van der Waals surface area (Å²) in [5.74, 6) is 0.0728. The van der Waals surface area contributed by atoms with Crippen LogP contribution in [0.1, 0.15) is 42.5 Å². The molecule has 3 rings (SSSR count). The molecule has 0 unspecified atom stereocenters. The Morgan fingerprint density at radius 1 is 1.32 bits per heavy atom. The lowest BCUT2D eigenvalue weighted by Crippen LogP contribution is -2.43. The number of urea groups is 1. The molecule has 6 nitrogen and oxygen atoms in total. The Morgan fingerprint density at radius 2 is 2.20 bits per heavy atom. The highest BCUT2D eigenvalue weighted by Crippen LogP contribution is 2.25. The van der Waals surface area contributed by atoms with Crippen LogP contribution in [0.25, 0.3) is 0 Å². The molecule has 0 aliphatic carbocycles. The lowest BCUT2D eigenvalue weighted by molar-refractivity contribution is 0.0585. The molecule has 2 saturated heterocycles. The summed E-state index contributed by atoms with van der Waals surface area (Å²) in [6.45, 7) is 2.83. The van der Waals surface area contributed by atoms with Gasteiger partial charge in [0.2, 0.25) is 0 Å². The van der Waals surface area contributed by atoms with Crippen LogP contribution in [-0.2, 0) is 4.74 Å². The quantitative estimate of drug-likeness (QED) is 0.806. The average molecular weight is 345 g/mol.